The van der Waals surface area contributed by atoms with E-state index >= 15 is 0 Å². The van der Waals surface area contributed by atoms with Crippen molar-refractivity contribution in [3.05, 3.63) is 218 Å². The second kappa shape index (κ2) is 49.1. The fourth-order valence-corrected chi connectivity index (χ4v) is 11.7. The number of aromatic amines is 2. The van der Waals surface area contributed by atoms with E-state index in [-0.39, 0.29) is 79.3 Å². The molecule has 0 spiro atoms. The first kappa shape index (κ1) is 104. The Hall–Kier alpha value is -15.0. The number of H-pyrrole nitrogens is 2. The predicted molar refractivity (Wildman–Crippen MR) is 413 cm³/mol. The number of imide groups is 2. The van der Waals surface area contributed by atoms with Gasteiger partial charge in [-0.1, -0.05) is 82.3 Å². The minimum atomic E-state index is -5.70. The first-order valence-corrected chi connectivity index (χ1v) is 36.6. The van der Waals surface area contributed by atoms with Crippen LogP contribution in [0, 0.1) is 29.1 Å². The number of nitrogens with one attached hydrogen (secondary N) is 4. The zero-order valence-corrected chi connectivity index (χ0v) is 66.4. The summed E-state index contributed by atoms with van der Waals surface area (Å²) in [5.41, 5.74) is -7.33. The monoisotopic (exact) mass is 1790 g/mol. The third-order valence-corrected chi connectivity index (χ3v) is 18.2. The Balaban J connectivity index is 0.000000369. The second-order valence-corrected chi connectivity index (χ2v) is 26.8. The lowest BCUT2D eigenvalue weighted by molar-refractivity contribution is -0.288. The molecule has 7 aromatic rings. The summed E-state index contributed by atoms with van der Waals surface area (Å²) in [5, 5.41) is 83.2. The van der Waals surface area contributed by atoms with E-state index in [1.165, 1.54) is 54.6 Å². The number of ketones is 1. The Morgan fingerprint density at radius 1 is 0.520 bits per heavy atom. The number of aromatic hydroxyl groups is 6. The number of aromatic nitrogens is 3. The van der Waals surface area contributed by atoms with Gasteiger partial charge in [0.05, 0.1) is 41.5 Å². The van der Waals surface area contributed by atoms with Gasteiger partial charge in [0.2, 0.25) is 17.2 Å². The topological polar surface area (TPSA) is 615 Å². The number of aliphatic carboxylic acids is 3. The number of fused-ring (bicyclic) bond motifs is 3. The quantitative estimate of drug-likeness (QED) is 0.00349. The van der Waals surface area contributed by atoms with Crippen LogP contribution >= 0.6 is 11.8 Å². The molecule has 672 valence electrons. The fraction of sp³-hybridized carbons (Fsp3) is 0.291. The fourth-order valence-electron chi connectivity index (χ4n) is 11.2. The molecule has 1 aromatic heterocycles. The predicted octanol–water partition coefficient (Wildman–Crippen LogP) is 6.20. The van der Waals surface area contributed by atoms with Crippen molar-refractivity contribution >= 4 is 103 Å². The Morgan fingerprint density at radius 3 is 1.24 bits per heavy atom. The third-order valence-electron chi connectivity index (χ3n) is 17.4. The molecule has 4 heterocycles. The van der Waals surface area contributed by atoms with Crippen LogP contribution in [0.4, 0.5) is 31.1 Å². The maximum Gasteiger partial charge on any atom is 0.411 e. The van der Waals surface area contributed by atoms with Crippen LogP contribution in [0.15, 0.2) is 173 Å². The number of phenolic OH excluding ortho intramolecular Hbond substituents is 6. The van der Waals surface area contributed by atoms with Crippen LogP contribution < -0.4 is 32.4 Å². The molecule has 4 fully saturated rings. The number of Topliss-reactive ketones (excluding diaryl/α,β-unsaturated/α-hetero) is 1. The molecule has 39 nitrogen and oxygen atoms in total. The zero-order valence-electron chi connectivity index (χ0n) is 65.6. The standard InChI is InChI=1S/C15H10F6O2.C15H16O2.C13H10O4.C9H6O6.C8H12N2O3.C6H7N3O3.C5H6O5.C4H6O5.C4H6O4S/c16-14(17,18)13(15(19,20)21,9-1-5-11(22)6-2-9)10-3-7-12(23)8-4-10;1-15(2,11-3-7-13(16)8-4-11)12-5-9-14(17)10-6-12;14-10-3-1-9(2-4-10)13(16)17-12-7-5-11(15)6-8-12;10-6-2-1-3-5(4(2)8(12)14-6)9(13)15-7(3)11;1-3-8(4-2)5(11)9-7(13)10-6(8)12;1-2-3-9-5(11)7-4(10)8-6(9)12;6-3-10-2-4(7)1-5(8)9;5-2-9-3-8-1-4(6)7;5-2-8-3-9-1-4(6)7/h1-8,22-23H;3-10,16-17H,1-2H3;1-8,14-15H;2-5H,1H2;3-4H2,1-2H3,(H2,9,10,11,12,13);2H,1,3H2,(H2,7,8,10,11,12);3H,1-2H2,(H,8,9);2*2H,1,3H2,(H,6,7). The van der Waals surface area contributed by atoms with Crippen molar-refractivity contribution in [3.8, 4) is 40.2 Å². The minimum Gasteiger partial charge on any atom is -0.508 e. The van der Waals surface area contributed by atoms with E-state index in [4.69, 9.17) is 40.5 Å². The van der Waals surface area contributed by atoms with E-state index in [9.17, 15) is 123 Å². The molecule has 13 N–H and O–H groups in total. The normalized spacial score (nSPS) is 15.4. The highest BCUT2D eigenvalue weighted by Gasteiger charge is 2.72. The molecule has 4 aliphatic rings. The van der Waals surface area contributed by atoms with Gasteiger partial charge < -0.3 is 79.1 Å². The number of benzene rings is 6. The summed E-state index contributed by atoms with van der Waals surface area (Å²) in [5.74, 6) is -10.7. The van der Waals surface area contributed by atoms with Crippen LogP contribution in [0.25, 0.3) is 0 Å². The number of carbonyl (C=O) groups is 15. The highest BCUT2D eigenvalue weighted by molar-refractivity contribution is 7.99. The van der Waals surface area contributed by atoms with Crippen molar-refractivity contribution in [3.63, 3.8) is 0 Å². The number of amides is 4. The largest absolute Gasteiger partial charge is 0.508 e. The number of urea groups is 1. The molecule has 125 heavy (non-hydrogen) atoms. The van der Waals surface area contributed by atoms with Gasteiger partial charge in [0.25, 0.3) is 19.4 Å². The van der Waals surface area contributed by atoms with E-state index in [0.29, 0.717) is 48.4 Å². The number of barbiturate groups is 1. The van der Waals surface area contributed by atoms with Crippen molar-refractivity contribution in [1.82, 2.24) is 25.2 Å². The number of halogens is 6. The summed E-state index contributed by atoms with van der Waals surface area (Å²) >= 11 is 1.03. The number of phenols is 6. The van der Waals surface area contributed by atoms with Crippen LogP contribution in [-0.4, -0.2) is 195 Å². The lowest BCUT2D eigenvalue weighted by Gasteiger charge is -2.38. The number of carboxylic acids is 3. The summed E-state index contributed by atoms with van der Waals surface area (Å²) in [6, 6.07) is 30.6. The van der Waals surface area contributed by atoms with Crippen molar-refractivity contribution in [2.24, 2.45) is 29.1 Å². The molecule has 4 atom stereocenters. The SMILES string of the molecule is C=CCn1c(=O)[nH]c(=O)[nH]c1=O.CC(C)(c1ccc(O)cc1)c1ccc(O)cc1.CCC1(CC)C(=O)NC(=O)NC1=O.O=C(Oc1ccc(O)cc1)c1ccc(O)cc1.O=C1OC(=O)C2C1CC1C(=O)OC(=O)C12.O=COCC(=O)CC(=O)O.O=COCOCC(=O)O.O=COCSCC(=O)O.Oc1ccc(C(c2ccc(O)cc2)(C(F)(F)F)C(F)(F)F)cc1. The van der Waals surface area contributed by atoms with E-state index in [1.54, 1.807) is 38.1 Å². The second-order valence-electron chi connectivity index (χ2n) is 25.8. The minimum absolute atomic E-state index is 0.0339. The average molecular weight is 1790 g/mol. The van der Waals surface area contributed by atoms with Crippen LogP contribution in [0.1, 0.15) is 86.0 Å². The molecular formula is C79H79F6N5O34S. The summed E-state index contributed by atoms with van der Waals surface area (Å²) in [7, 11) is 0. The van der Waals surface area contributed by atoms with Gasteiger partial charge in [-0.05, 0) is 139 Å². The van der Waals surface area contributed by atoms with Crippen molar-refractivity contribution in [1.29, 1.82) is 0 Å². The van der Waals surface area contributed by atoms with Crippen molar-refractivity contribution in [2.75, 3.05) is 31.7 Å². The van der Waals surface area contributed by atoms with E-state index in [1.807, 2.05) is 34.2 Å². The van der Waals surface area contributed by atoms with Crippen molar-refractivity contribution < 1.29 is 177 Å². The molecular weight excluding hydrogens is 1710 g/mol. The molecule has 1 saturated carbocycles. The van der Waals surface area contributed by atoms with Gasteiger partial charge in [0.1, 0.15) is 71.2 Å². The number of thioether (sulfide) groups is 1. The first-order valence-electron chi connectivity index (χ1n) is 35.5. The molecule has 4 amide bonds. The molecule has 3 aliphatic heterocycles. The van der Waals surface area contributed by atoms with Crippen LogP contribution in [0.2, 0.25) is 0 Å². The summed E-state index contributed by atoms with van der Waals surface area (Å²) in [6.45, 7) is 10.5. The molecule has 4 unspecified atom stereocenters. The number of cyclic esters (lactones) is 4. The van der Waals surface area contributed by atoms with Gasteiger partial charge in [0, 0.05) is 5.41 Å². The zero-order chi connectivity index (χ0) is 94.3. The number of esters is 5. The molecule has 6 aromatic carbocycles. The van der Waals surface area contributed by atoms with E-state index in [2.05, 4.69) is 59.5 Å². The van der Waals surface area contributed by atoms with E-state index < -0.39 is 178 Å². The van der Waals surface area contributed by atoms with E-state index in [0.717, 1.165) is 51.7 Å². The van der Waals surface area contributed by atoms with Gasteiger partial charge in [0.15, 0.2) is 12.6 Å². The number of rotatable bonds is 25. The number of alkyl halides is 6. The molecule has 1 aliphatic carbocycles. The number of hydrogen-bond donors (Lipinski definition) is 13. The molecule has 3 saturated heterocycles. The number of carbonyl (C=O) groups excluding carboxylic acids is 12. The van der Waals surface area contributed by atoms with Crippen LogP contribution in [0.5, 0.6) is 40.2 Å². The highest BCUT2D eigenvalue weighted by atomic mass is 32.2. The van der Waals surface area contributed by atoms with Gasteiger partial charge >= 0.3 is 83.2 Å². The highest BCUT2D eigenvalue weighted by Crippen LogP contribution is 2.57. The van der Waals surface area contributed by atoms with Gasteiger partial charge in [-0.15, -0.1) is 18.3 Å². The average Bonchev–Trinajstić information content (AvgIpc) is 1.51. The Morgan fingerprint density at radius 2 is 0.896 bits per heavy atom. The number of carboxylic acid groups (broad SMARTS) is 3. The molecule has 0 bridgehead atoms. The number of nitrogens with zero attached hydrogens (tertiary/aromatic N) is 1. The number of ether oxygens (including phenoxy) is 7. The van der Waals surface area contributed by atoms with Gasteiger partial charge in [-0.3, -0.25) is 78.1 Å². The Bertz CT molecular complexity index is 4870. The van der Waals surface area contributed by atoms with Gasteiger partial charge in [-0.25, -0.2) is 33.3 Å². The lowest BCUT2D eigenvalue weighted by atomic mass is 9.73. The van der Waals surface area contributed by atoms with Gasteiger partial charge in [-0.2, -0.15) is 26.3 Å². The molecule has 0 radical (unpaired) electrons. The van der Waals surface area contributed by atoms with Crippen molar-refractivity contribution in [2.45, 2.75) is 83.1 Å². The third kappa shape index (κ3) is 31.2. The summed E-state index contributed by atoms with van der Waals surface area (Å²) in [6.07, 6.45) is -9.63. The number of hydrogen-bond acceptors (Lipinski definition) is 32. The molecule has 46 heteroatoms. The molecule has 11 rings (SSSR count). The maximum absolute atomic E-state index is 13.6. The smallest absolute Gasteiger partial charge is 0.411 e. The summed E-state index contributed by atoms with van der Waals surface area (Å²) < 4.78 is 113. The van der Waals surface area contributed by atoms with Crippen LogP contribution in [0.3, 0.4) is 0 Å². The Kier molecular flexibility index (Phi) is 40.9. The maximum atomic E-state index is 13.6. The first-order chi connectivity index (χ1) is 58.7. The summed E-state index contributed by atoms with van der Waals surface area (Å²) in [4.78, 5) is 194. The lowest BCUT2D eigenvalue weighted by Crippen LogP contribution is -2.61. The van der Waals surface area contributed by atoms with Crippen LogP contribution in [-0.2, 0) is 108 Å². The Labute approximate surface area is 704 Å². The number of allylic oxidation sites excluding steroid dienone is 1.